The number of rotatable bonds is 3. The first kappa shape index (κ1) is 13.2. The minimum atomic E-state index is 0.130. The number of aryl methyl sites for hydroxylation is 1. The molecule has 0 bridgehead atoms. The number of benzene rings is 1. The Balaban J connectivity index is 1.66. The van der Waals surface area contributed by atoms with E-state index in [2.05, 4.69) is 14.9 Å². The van der Waals surface area contributed by atoms with Crippen LogP contribution >= 0.6 is 0 Å². The quantitative estimate of drug-likeness (QED) is 0.939. The summed E-state index contributed by atoms with van der Waals surface area (Å²) in [6.07, 6.45) is 5.22. The zero-order valence-corrected chi connectivity index (χ0v) is 12.3. The van der Waals surface area contributed by atoms with Crippen LogP contribution in [-0.2, 0) is 11.3 Å². The van der Waals surface area contributed by atoms with Crippen LogP contribution in [0.2, 0.25) is 0 Å². The molecule has 1 aromatic heterocycles. The second-order valence-corrected chi connectivity index (χ2v) is 5.73. The van der Waals surface area contributed by atoms with Crippen LogP contribution in [-0.4, -0.2) is 28.3 Å². The van der Waals surface area contributed by atoms with Crippen LogP contribution in [0.4, 0.5) is 0 Å². The van der Waals surface area contributed by atoms with E-state index in [1.807, 2.05) is 25.3 Å². The van der Waals surface area contributed by atoms with Crippen LogP contribution < -0.4 is 14.8 Å². The van der Waals surface area contributed by atoms with Crippen molar-refractivity contribution in [2.45, 2.75) is 32.4 Å². The first-order chi connectivity index (χ1) is 10.7. The Morgan fingerprint density at radius 3 is 2.95 bits per heavy atom. The monoisotopic (exact) mass is 299 g/mol. The summed E-state index contributed by atoms with van der Waals surface area (Å²) in [5, 5.41) is 2.99. The lowest BCUT2D eigenvalue weighted by Crippen LogP contribution is -2.29. The van der Waals surface area contributed by atoms with Crippen LogP contribution in [0.25, 0.3) is 11.4 Å². The van der Waals surface area contributed by atoms with E-state index in [1.165, 1.54) is 0 Å². The van der Waals surface area contributed by atoms with E-state index in [-0.39, 0.29) is 18.7 Å². The SMILES string of the molecule is Cc1cc2c(cc1-c1nccn1CC1CCC(=O)N1)OCO2. The zero-order valence-electron chi connectivity index (χ0n) is 12.3. The second kappa shape index (κ2) is 5.05. The molecule has 1 unspecified atom stereocenters. The molecule has 0 radical (unpaired) electrons. The Hall–Kier alpha value is -2.50. The minimum absolute atomic E-state index is 0.130. The number of hydrogen-bond donors (Lipinski definition) is 1. The number of aromatic nitrogens is 2. The van der Waals surface area contributed by atoms with Gasteiger partial charge in [-0.1, -0.05) is 0 Å². The van der Waals surface area contributed by atoms with E-state index in [4.69, 9.17) is 9.47 Å². The van der Waals surface area contributed by atoms with E-state index in [9.17, 15) is 4.79 Å². The molecule has 2 aliphatic rings. The normalized spacial score (nSPS) is 19.5. The highest BCUT2D eigenvalue weighted by Crippen LogP contribution is 2.38. The Kier molecular flexibility index (Phi) is 3.03. The first-order valence-corrected chi connectivity index (χ1v) is 7.42. The number of nitrogens with zero attached hydrogens (tertiary/aromatic N) is 2. The number of fused-ring (bicyclic) bond motifs is 1. The van der Waals surface area contributed by atoms with E-state index in [1.54, 1.807) is 6.20 Å². The summed E-state index contributed by atoms with van der Waals surface area (Å²) in [4.78, 5) is 15.8. The fraction of sp³-hybridized carbons (Fsp3) is 0.375. The minimum Gasteiger partial charge on any atom is -0.454 e. The number of nitrogens with one attached hydrogen (secondary N) is 1. The summed E-state index contributed by atoms with van der Waals surface area (Å²) in [6.45, 7) is 3.03. The van der Waals surface area contributed by atoms with Gasteiger partial charge in [-0.3, -0.25) is 4.79 Å². The van der Waals surface area contributed by atoms with Gasteiger partial charge in [0.25, 0.3) is 0 Å². The molecule has 2 aliphatic heterocycles. The van der Waals surface area contributed by atoms with Crippen molar-refractivity contribution < 1.29 is 14.3 Å². The van der Waals surface area contributed by atoms with Gasteiger partial charge in [-0.15, -0.1) is 0 Å². The molecular weight excluding hydrogens is 282 g/mol. The van der Waals surface area contributed by atoms with Crippen LogP contribution in [0.15, 0.2) is 24.5 Å². The molecule has 1 fully saturated rings. The summed E-state index contributed by atoms with van der Waals surface area (Å²) in [7, 11) is 0. The Morgan fingerprint density at radius 1 is 1.36 bits per heavy atom. The van der Waals surface area contributed by atoms with Crippen molar-refractivity contribution in [1.29, 1.82) is 0 Å². The van der Waals surface area contributed by atoms with Gasteiger partial charge in [-0.2, -0.15) is 0 Å². The maximum atomic E-state index is 11.4. The van der Waals surface area contributed by atoms with Gasteiger partial charge in [0.1, 0.15) is 5.82 Å². The molecule has 114 valence electrons. The van der Waals surface area contributed by atoms with Gasteiger partial charge in [0.05, 0.1) is 0 Å². The van der Waals surface area contributed by atoms with Crippen LogP contribution in [0.5, 0.6) is 11.5 Å². The van der Waals surface area contributed by atoms with Crippen LogP contribution in [0.1, 0.15) is 18.4 Å². The van der Waals surface area contributed by atoms with E-state index in [0.717, 1.165) is 41.4 Å². The van der Waals surface area contributed by atoms with Gasteiger partial charge in [-0.05, 0) is 31.0 Å². The number of imidazole rings is 1. The van der Waals surface area contributed by atoms with Crippen LogP contribution in [0, 0.1) is 6.92 Å². The third-order valence-electron chi connectivity index (χ3n) is 4.18. The summed E-state index contributed by atoms with van der Waals surface area (Å²) in [5.74, 6) is 2.55. The summed E-state index contributed by atoms with van der Waals surface area (Å²) < 4.78 is 13.0. The Labute approximate surface area is 128 Å². The van der Waals surface area contributed by atoms with Crippen molar-refractivity contribution in [2.24, 2.45) is 0 Å². The Morgan fingerprint density at radius 2 is 2.18 bits per heavy atom. The molecule has 1 saturated heterocycles. The molecule has 0 aliphatic carbocycles. The standard InChI is InChI=1S/C16H17N3O3/c1-10-6-13-14(22-9-21-13)7-12(10)16-17-4-5-19(16)8-11-2-3-15(20)18-11/h4-7,11H,2-3,8-9H2,1H3,(H,18,20). The third-order valence-corrected chi connectivity index (χ3v) is 4.18. The Bertz CT molecular complexity index is 738. The van der Waals surface area contributed by atoms with Crippen molar-refractivity contribution in [1.82, 2.24) is 14.9 Å². The maximum Gasteiger partial charge on any atom is 0.231 e. The molecule has 22 heavy (non-hydrogen) atoms. The molecule has 6 heteroatoms. The van der Waals surface area contributed by atoms with Gasteiger partial charge >= 0.3 is 0 Å². The smallest absolute Gasteiger partial charge is 0.231 e. The molecule has 1 aromatic carbocycles. The van der Waals surface area contributed by atoms with Crippen LogP contribution in [0.3, 0.4) is 0 Å². The van der Waals surface area contributed by atoms with Gasteiger partial charge in [0, 0.05) is 37.0 Å². The number of ether oxygens (including phenoxy) is 2. The van der Waals surface area contributed by atoms with E-state index in [0.29, 0.717) is 6.42 Å². The molecule has 0 saturated carbocycles. The third kappa shape index (κ3) is 2.20. The topological polar surface area (TPSA) is 65.4 Å². The predicted molar refractivity (Wildman–Crippen MR) is 79.7 cm³/mol. The number of carbonyl (C=O) groups is 1. The average molecular weight is 299 g/mol. The van der Waals surface area contributed by atoms with Gasteiger partial charge in [0.2, 0.25) is 12.7 Å². The summed E-state index contributed by atoms with van der Waals surface area (Å²) >= 11 is 0. The highest BCUT2D eigenvalue weighted by molar-refractivity contribution is 5.78. The molecule has 1 N–H and O–H groups in total. The molecule has 1 atom stereocenters. The van der Waals surface area contributed by atoms with Gasteiger partial charge < -0.3 is 19.4 Å². The lowest BCUT2D eigenvalue weighted by atomic mass is 10.1. The molecule has 4 rings (SSSR count). The first-order valence-electron chi connectivity index (χ1n) is 7.42. The lowest BCUT2D eigenvalue weighted by Gasteiger charge is -2.15. The molecule has 6 nitrogen and oxygen atoms in total. The van der Waals surface area contributed by atoms with E-state index >= 15 is 0 Å². The van der Waals surface area contributed by atoms with Crippen molar-refractivity contribution in [3.05, 3.63) is 30.1 Å². The molecule has 0 spiro atoms. The predicted octanol–water partition coefficient (Wildman–Crippen LogP) is 1.87. The average Bonchev–Trinajstić information content (AvgIpc) is 3.20. The van der Waals surface area contributed by atoms with Gasteiger partial charge in [0.15, 0.2) is 11.5 Å². The van der Waals surface area contributed by atoms with Crippen molar-refractivity contribution in [3.63, 3.8) is 0 Å². The highest BCUT2D eigenvalue weighted by atomic mass is 16.7. The molecular formula is C16H17N3O3. The van der Waals surface area contributed by atoms with Crippen molar-refractivity contribution in [2.75, 3.05) is 6.79 Å². The lowest BCUT2D eigenvalue weighted by molar-refractivity contribution is -0.119. The van der Waals surface area contributed by atoms with E-state index < -0.39 is 0 Å². The fourth-order valence-corrected chi connectivity index (χ4v) is 3.04. The number of amides is 1. The largest absolute Gasteiger partial charge is 0.454 e. The van der Waals surface area contributed by atoms with Crippen molar-refractivity contribution >= 4 is 5.91 Å². The van der Waals surface area contributed by atoms with Gasteiger partial charge in [-0.25, -0.2) is 4.98 Å². The highest BCUT2D eigenvalue weighted by Gasteiger charge is 2.23. The molecule has 3 heterocycles. The number of hydrogen-bond acceptors (Lipinski definition) is 4. The summed E-state index contributed by atoms with van der Waals surface area (Å²) in [6, 6.07) is 4.13. The zero-order chi connectivity index (χ0) is 15.1. The van der Waals surface area contributed by atoms with Crippen molar-refractivity contribution in [3.8, 4) is 22.9 Å². The maximum absolute atomic E-state index is 11.4. The summed E-state index contributed by atoms with van der Waals surface area (Å²) in [5.41, 5.74) is 2.12. The fourth-order valence-electron chi connectivity index (χ4n) is 3.04. The second-order valence-electron chi connectivity index (χ2n) is 5.73. The molecule has 1 amide bonds. The number of carbonyl (C=O) groups excluding carboxylic acids is 1. The molecule has 2 aromatic rings.